The van der Waals surface area contributed by atoms with Gasteiger partial charge in [0.1, 0.15) is 5.82 Å². The summed E-state index contributed by atoms with van der Waals surface area (Å²) in [4.78, 5) is 25.9. The fourth-order valence-corrected chi connectivity index (χ4v) is 8.56. The van der Waals surface area contributed by atoms with Crippen LogP contribution < -0.4 is 4.90 Å². The van der Waals surface area contributed by atoms with Crippen molar-refractivity contribution in [2.24, 2.45) is 11.3 Å². The summed E-state index contributed by atoms with van der Waals surface area (Å²) in [6.45, 7) is 23.3. The zero-order valence-electron chi connectivity index (χ0n) is 34.2. The van der Waals surface area contributed by atoms with Gasteiger partial charge in [0, 0.05) is 75.3 Å². The van der Waals surface area contributed by atoms with Crippen molar-refractivity contribution in [1.29, 1.82) is 0 Å². The fraction of sp³-hybridized carbons (Fsp3) is 0.600. The molecule has 3 aliphatic heterocycles. The first-order valence-corrected chi connectivity index (χ1v) is 20.1. The van der Waals surface area contributed by atoms with E-state index in [0.29, 0.717) is 17.2 Å². The molecule has 2 unspecified atom stereocenters. The van der Waals surface area contributed by atoms with Gasteiger partial charge in [0.15, 0.2) is 6.10 Å². The van der Waals surface area contributed by atoms with Gasteiger partial charge in [-0.15, -0.1) is 0 Å². The number of pyridine rings is 1. The molecule has 0 aliphatic carbocycles. The van der Waals surface area contributed by atoms with E-state index in [1.807, 2.05) is 40.7 Å². The Hall–Kier alpha value is -3.37. The molecular formula is C45H63FN4O4. The van der Waals surface area contributed by atoms with Crippen LogP contribution in [0.3, 0.4) is 0 Å². The predicted octanol–water partition coefficient (Wildman–Crippen LogP) is 9.05. The Morgan fingerprint density at radius 3 is 2.43 bits per heavy atom. The Balaban J connectivity index is 1.48. The number of halogens is 1. The van der Waals surface area contributed by atoms with Gasteiger partial charge in [-0.2, -0.15) is 0 Å². The van der Waals surface area contributed by atoms with Crippen LogP contribution in [0, 0.1) is 31.0 Å². The highest BCUT2D eigenvalue weighted by molar-refractivity contribution is 5.88. The average molecular weight is 743 g/mol. The predicted molar refractivity (Wildman–Crippen MR) is 214 cm³/mol. The summed E-state index contributed by atoms with van der Waals surface area (Å²) >= 11 is 0. The Kier molecular flexibility index (Phi) is 12.2. The molecule has 54 heavy (non-hydrogen) atoms. The van der Waals surface area contributed by atoms with Gasteiger partial charge in [-0.25, -0.2) is 9.18 Å². The molecular weight excluding hydrogens is 680 g/mol. The molecule has 3 aliphatic rings. The van der Waals surface area contributed by atoms with E-state index in [4.69, 9.17) is 14.5 Å². The molecule has 4 heterocycles. The second-order valence-electron chi connectivity index (χ2n) is 18.0. The number of rotatable bonds is 11. The van der Waals surface area contributed by atoms with E-state index in [-0.39, 0.29) is 17.3 Å². The van der Waals surface area contributed by atoms with E-state index < -0.39 is 17.7 Å². The molecule has 0 amide bonds. The minimum atomic E-state index is -1.17. The van der Waals surface area contributed by atoms with Gasteiger partial charge >= 0.3 is 5.97 Å². The lowest BCUT2D eigenvalue weighted by molar-refractivity contribution is -0.160. The molecule has 1 N–H and O–H groups in total. The third-order valence-corrected chi connectivity index (χ3v) is 12.0. The lowest BCUT2D eigenvalue weighted by Gasteiger charge is -2.42. The van der Waals surface area contributed by atoms with E-state index in [0.717, 1.165) is 118 Å². The first-order valence-electron chi connectivity index (χ1n) is 20.1. The highest BCUT2D eigenvalue weighted by Crippen LogP contribution is 2.47. The van der Waals surface area contributed by atoms with Crippen LogP contribution >= 0.6 is 0 Å². The van der Waals surface area contributed by atoms with Crippen molar-refractivity contribution in [1.82, 2.24) is 14.8 Å². The number of aryl methyl sites for hydroxylation is 2. The lowest BCUT2D eigenvalue weighted by atomic mass is 9.81. The smallest absolute Gasteiger partial charge is 0.337 e. The number of carboxylic acids is 1. The second-order valence-corrected chi connectivity index (χ2v) is 18.0. The number of nitrogens with zero attached hydrogens (tertiary/aromatic N) is 4. The fourth-order valence-electron chi connectivity index (χ4n) is 8.56. The van der Waals surface area contributed by atoms with E-state index in [1.54, 1.807) is 12.1 Å². The van der Waals surface area contributed by atoms with Crippen molar-refractivity contribution in [3.05, 3.63) is 81.4 Å². The van der Waals surface area contributed by atoms with Crippen molar-refractivity contribution in [3.63, 3.8) is 0 Å². The van der Waals surface area contributed by atoms with Crippen LogP contribution in [0.15, 0.2) is 36.4 Å². The van der Waals surface area contributed by atoms with Gasteiger partial charge in [0.2, 0.25) is 0 Å². The normalized spacial score (nSPS) is 19.5. The Labute approximate surface area is 323 Å². The van der Waals surface area contributed by atoms with E-state index in [2.05, 4.69) is 60.7 Å². The number of aromatic nitrogens is 1. The topological polar surface area (TPSA) is 78.4 Å². The third kappa shape index (κ3) is 9.35. The molecule has 294 valence electrons. The van der Waals surface area contributed by atoms with E-state index in [1.165, 1.54) is 11.1 Å². The number of hydrogen-bond acceptors (Lipinski definition) is 7. The number of fused-ring (bicyclic) bond motifs is 1. The number of carbonyl (C=O) groups is 1. The third-order valence-electron chi connectivity index (χ3n) is 12.0. The summed E-state index contributed by atoms with van der Waals surface area (Å²) in [7, 11) is 2.20. The molecule has 3 aromatic rings. The summed E-state index contributed by atoms with van der Waals surface area (Å²) in [5.74, 6) is -0.642. The number of aliphatic carboxylic acids is 1. The summed E-state index contributed by atoms with van der Waals surface area (Å²) in [6.07, 6.45) is 3.84. The van der Waals surface area contributed by atoms with Crippen molar-refractivity contribution < 1.29 is 23.8 Å². The van der Waals surface area contributed by atoms with Gasteiger partial charge in [-0.1, -0.05) is 38.1 Å². The maximum atomic E-state index is 13.8. The van der Waals surface area contributed by atoms with Crippen LogP contribution in [0.2, 0.25) is 0 Å². The molecule has 0 bridgehead atoms. The van der Waals surface area contributed by atoms with Crippen LogP contribution in [0.25, 0.3) is 11.1 Å². The molecule has 6 rings (SSSR count). The highest BCUT2D eigenvalue weighted by atomic mass is 19.1. The lowest BCUT2D eigenvalue weighted by Crippen LogP contribution is -2.40. The van der Waals surface area contributed by atoms with Gasteiger partial charge in [-0.05, 0) is 132 Å². The van der Waals surface area contributed by atoms with Crippen LogP contribution in [-0.4, -0.2) is 77.9 Å². The van der Waals surface area contributed by atoms with Crippen molar-refractivity contribution >= 4 is 11.7 Å². The number of benzene rings is 2. The number of hydrogen-bond donors (Lipinski definition) is 1. The first kappa shape index (κ1) is 40.3. The molecule has 9 heteroatoms. The molecule has 2 fully saturated rings. The molecule has 1 aromatic heterocycles. The average Bonchev–Trinajstić information content (AvgIpc) is 3.11. The summed E-state index contributed by atoms with van der Waals surface area (Å²) in [5.41, 5.74) is 9.66. The van der Waals surface area contributed by atoms with Crippen molar-refractivity contribution in [3.8, 4) is 11.1 Å². The largest absolute Gasteiger partial charge is 0.479 e. The molecule has 2 saturated heterocycles. The second kappa shape index (κ2) is 16.4. The first-order chi connectivity index (χ1) is 25.5. The maximum Gasteiger partial charge on any atom is 0.337 e. The maximum absolute atomic E-state index is 13.8. The van der Waals surface area contributed by atoms with Gasteiger partial charge in [0.05, 0.1) is 17.0 Å². The van der Waals surface area contributed by atoms with Crippen LogP contribution in [0.4, 0.5) is 10.1 Å². The minimum Gasteiger partial charge on any atom is -0.479 e. The number of ether oxygens (including phenoxy) is 2. The van der Waals surface area contributed by atoms with Gasteiger partial charge in [-0.3, -0.25) is 14.8 Å². The monoisotopic (exact) mass is 742 g/mol. The van der Waals surface area contributed by atoms with Crippen LogP contribution in [0.5, 0.6) is 0 Å². The summed E-state index contributed by atoms with van der Waals surface area (Å²) in [6, 6.07) is 11.9. The number of anilines is 1. The number of piperidine rings is 1. The summed E-state index contributed by atoms with van der Waals surface area (Å²) < 4.78 is 26.0. The minimum absolute atomic E-state index is 0.0205. The quantitative estimate of drug-likeness (QED) is 0.209. The molecule has 8 nitrogen and oxygen atoms in total. The number of carboxylic acid groups (broad SMARTS) is 1. The molecule has 0 spiro atoms. The van der Waals surface area contributed by atoms with Crippen LogP contribution in [-0.2, 0) is 33.8 Å². The van der Waals surface area contributed by atoms with Crippen LogP contribution in [0.1, 0.15) is 119 Å². The summed E-state index contributed by atoms with van der Waals surface area (Å²) in [5, 5.41) is 10.8. The highest BCUT2D eigenvalue weighted by Gasteiger charge is 2.38. The Morgan fingerprint density at radius 1 is 1.07 bits per heavy atom. The molecule has 0 saturated carbocycles. The Morgan fingerprint density at radius 2 is 1.78 bits per heavy atom. The standard InChI is InChI=1S/C45H63FN4O4/c1-29-24-37(46)13-12-35(29)27-49-19-14-33-25-34(10-11-36(33)28-49)39-40(31(3)48(9)26-32-15-22-53-23-16-32)47-30(2)38(42(43(51)52)54-44(4,5)6)41(39)50-20-17-45(7,8)18-21-50/h10-13,24-25,31-32,42H,14-23,26-28H2,1-9H3,(H,51,52). The van der Waals surface area contributed by atoms with E-state index >= 15 is 0 Å². The Bertz CT molecular complexity index is 1800. The van der Waals surface area contributed by atoms with Crippen molar-refractivity contribution in [2.45, 2.75) is 118 Å². The molecule has 0 radical (unpaired) electrons. The zero-order chi connectivity index (χ0) is 38.9. The van der Waals surface area contributed by atoms with E-state index in [9.17, 15) is 14.3 Å². The molecule has 2 aromatic carbocycles. The SMILES string of the molecule is Cc1cc(F)ccc1CN1CCc2cc(-c3c(C(C)N(C)CC4CCOCC4)nc(C)c(C(OC(C)(C)C)C(=O)O)c3N3CCC(C)(C)CC3)ccc2C1. The van der Waals surface area contributed by atoms with Gasteiger partial charge < -0.3 is 19.5 Å². The van der Waals surface area contributed by atoms with Gasteiger partial charge in [0.25, 0.3) is 0 Å². The molecule has 2 atom stereocenters. The van der Waals surface area contributed by atoms with Crippen molar-refractivity contribution in [2.75, 3.05) is 51.3 Å². The zero-order valence-corrected chi connectivity index (χ0v) is 34.2.